The van der Waals surface area contributed by atoms with Crippen molar-refractivity contribution in [3.05, 3.63) is 89.0 Å². The van der Waals surface area contributed by atoms with Crippen LogP contribution in [-0.4, -0.2) is 34.3 Å². The molecule has 7 nitrogen and oxygen atoms in total. The molecule has 1 amide bonds. The van der Waals surface area contributed by atoms with E-state index in [1.165, 1.54) is 7.11 Å². The van der Waals surface area contributed by atoms with Gasteiger partial charge in [-0.1, -0.05) is 60.7 Å². The summed E-state index contributed by atoms with van der Waals surface area (Å²) in [5, 5.41) is 2.97. The van der Waals surface area contributed by atoms with E-state index in [-0.39, 0.29) is 5.69 Å². The topological polar surface area (TPSA) is 82.4 Å². The van der Waals surface area contributed by atoms with Crippen LogP contribution in [0.25, 0.3) is 0 Å². The Balaban J connectivity index is 2.06. The zero-order valence-corrected chi connectivity index (χ0v) is 19.8. The molecule has 1 heterocycles. The normalized spacial score (nSPS) is 12.2. The van der Waals surface area contributed by atoms with E-state index in [9.17, 15) is 9.59 Å². The number of carbonyl (C=O) groups excluding carboxylic acids is 2. The monoisotopic (exact) mass is 449 g/mol. The molecule has 2 aromatic carbocycles. The lowest BCUT2D eigenvalue weighted by Crippen LogP contribution is -2.37. The largest absolute Gasteiger partial charge is 0.464 e. The van der Waals surface area contributed by atoms with Crippen LogP contribution < -0.4 is 5.32 Å². The van der Waals surface area contributed by atoms with Crippen LogP contribution in [0.5, 0.6) is 0 Å². The molecular weight excluding hydrogens is 418 g/mol. The summed E-state index contributed by atoms with van der Waals surface area (Å²) in [7, 11) is 1.33. The fourth-order valence-electron chi connectivity index (χ4n) is 3.58. The molecule has 0 spiro atoms. The first-order valence-electron chi connectivity index (χ1n) is 10.9. The van der Waals surface area contributed by atoms with E-state index in [0.717, 1.165) is 11.1 Å². The van der Waals surface area contributed by atoms with Crippen LogP contribution in [0.3, 0.4) is 0 Å². The standard InChI is InChI=1S/C26H31N3O4/c1-18-22(24(30)32-5)28-23(29(18)17-20-14-10-7-11-15-20)21(16-19-12-8-6-9-13-19)27-25(31)33-26(2,3)4/h6-15,21H,16-17H2,1-5H3,(H,27,31)/t21-/m1/s1. The number of nitrogens with one attached hydrogen (secondary N) is 1. The van der Waals surface area contributed by atoms with E-state index in [4.69, 9.17) is 9.47 Å². The number of ether oxygens (including phenoxy) is 2. The highest BCUT2D eigenvalue weighted by molar-refractivity contribution is 5.88. The maximum absolute atomic E-state index is 12.7. The summed E-state index contributed by atoms with van der Waals surface area (Å²) in [6.45, 7) is 7.77. The molecule has 0 fully saturated rings. The Labute approximate surface area is 194 Å². The van der Waals surface area contributed by atoms with Crippen molar-refractivity contribution in [2.75, 3.05) is 7.11 Å². The quantitative estimate of drug-likeness (QED) is 0.522. The molecule has 0 saturated heterocycles. The van der Waals surface area contributed by atoms with Gasteiger partial charge in [0.25, 0.3) is 0 Å². The van der Waals surface area contributed by atoms with Gasteiger partial charge in [0.2, 0.25) is 0 Å². The van der Waals surface area contributed by atoms with Crippen LogP contribution in [0.1, 0.15) is 59.9 Å². The summed E-state index contributed by atoms with van der Waals surface area (Å²) in [5.74, 6) is 0.0442. The van der Waals surface area contributed by atoms with Gasteiger partial charge >= 0.3 is 12.1 Å². The van der Waals surface area contributed by atoms with Crippen LogP contribution in [0.4, 0.5) is 4.79 Å². The van der Waals surface area contributed by atoms with Gasteiger partial charge in [0.05, 0.1) is 13.2 Å². The summed E-state index contributed by atoms with van der Waals surface area (Å²) in [5.41, 5.74) is 2.32. The van der Waals surface area contributed by atoms with Crippen molar-refractivity contribution in [3.8, 4) is 0 Å². The number of rotatable bonds is 7. The molecule has 174 valence electrons. The second-order valence-electron chi connectivity index (χ2n) is 8.86. The van der Waals surface area contributed by atoms with E-state index in [1.807, 2.05) is 92.9 Å². The Kier molecular flexibility index (Phi) is 7.53. The number of amides is 1. The number of imidazole rings is 1. The predicted octanol–water partition coefficient (Wildman–Crippen LogP) is 4.83. The molecule has 0 aliphatic heterocycles. The van der Waals surface area contributed by atoms with Crippen molar-refractivity contribution in [2.24, 2.45) is 0 Å². The Morgan fingerprint density at radius 1 is 1.00 bits per heavy atom. The van der Waals surface area contributed by atoms with Gasteiger partial charge in [-0.15, -0.1) is 0 Å². The van der Waals surface area contributed by atoms with Crippen LogP contribution >= 0.6 is 0 Å². The summed E-state index contributed by atoms with van der Waals surface area (Å²) in [6.07, 6.45) is -0.0682. The maximum Gasteiger partial charge on any atom is 0.408 e. The Hall–Kier alpha value is -3.61. The Morgan fingerprint density at radius 3 is 2.12 bits per heavy atom. The number of nitrogens with zero attached hydrogens (tertiary/aromatic N) is 2. The van der Waals surface area contributed by atoms with Gasteiger partial charge in [-0.3, -0.25) is 0 Å². The Bertz CT molecular complexity index is 1090. The van der Waals surface area contributed by atoms with Crippen molar-refractivity contribution in [1.82, 2.24) is 14.9 Å². The van der Waals surface area contributed by atoms with E-state index in [0.29, 0.717) is 24.5 Å². The third kappa shape index (κ3) is 6.44. The molecule has 33 heavy (non-hydrogen) atoms. The smallest absolute Gasteiger partial charge is 0.408 e. The van der Waals surface area contributed by atoms with Crippen molar-refractivity contribution in [3.63, 3.8) is 0 Å². The molecule has 0 saturated carbocycles. The first-order valence-corrected chi connectivity index (χ1v) is 10.9. The first-order chi connectivity index (χ1) is 15.7. The minimum Gasteiger partial charge on any atom is -0.464 e. The van der Waals surface area contributed by atoms with Gasteiger partial charge in [0.1, 0.15) is 11.4 Å². The first kappa shape index (κ1) is 24.0. The minimum absolute atomic E-state index is 0.229. The summed E-state index contributed by atoms with van der Waals surface area (Å²) in [4.78, 5) is 29.8. The number of alkyl carbamates (subject to hydrolysis) is 1. The summed E-state index contributed by atoms with van der Waals surface area (Å²) in [6, 6.07) is 19.2. The lowest BCUT2D eigenvalue weighted by molar-refractivity contribution is 0.0500. The molecule has 7 heteroatoms. The molecule has 0 aliphatic rings. The molecule has 1 atom stereocenters. The summed E-state index contributed by atoms with van der Waals surface area (Å²) < 4.78 is 12.4. The van der Waals surface area contributed by atoms with Gasteiger partial charge in [0.15, 0.2) is 5.69 Å². The van der Waals surface area contributed by atoms with E-state index in [1.54, 1.807) is 0 Å². The summed E-state index contributed by atoms with van der Waals surface area (Å²) >= 11 is 0. The molecule has 1 N–H and O–H groups in total. The van der Waals surface area contributed by atoms with E-state index < -0.39 is 23.7 Å². The minimum atomic E-state index is -0.645. The number of hydrogen-bond donors (Lipinski definition) is 1. The number of carbonyl (C=O) groups is 2. The highest BCUT2D eigenvalue weighted by Crippen LogP contribution is 2.24. The second-order valence-corrected chi connectivity index (χ2v) is 8.86. The van der Waals surface area contributed by atoms with Gasteiger partial charge in [-0.2, -0.15) is 0 Å². The van der Waals surface area contributed by atoms with Crippen LogP contribution in [0.15, 0.2) is 60.7 Å². The van der Waals surface area contributed by atoms with Crippen molar-refractivity contribution in [1.29, 1.82) is 0 Å². The highest BCUT2D eigenvalue weighted by Gasteiger charge is 2.28. The third-order valence-electron chi connectivity index (χ3n) is 5.10. The molecule has 3 rings (SSSR count). The SMILES string of the molecule is COC(=O)c1nc([C@@H](Cc2ccccc2)NC(=O)OC(C)(C)C)n(Cc2ccccc2)c1C. The second kappa shape index (κ2) is 10.3. The van der Waals surface area contributed by atoms with E-state index >= 15 is 0 Å². The molecule has 1 aromatic heterocycles. The number of methoxy groups -OCH3 is 1. The molecule has 0 radical (unpaired) electrons. The van der Waals surface area contributed by atoms with Gasteiger partial charge in [-0.25, -0.2) is 14.6 Å². The average molecular weight is 450 g/mol. The van der Waals surface area contributed by atoms with Crippen molar-refractivity contribution < 1.29 is 19.1 Å². The van der Waals surface area contributed by atoms with Crippen LogP contribution in [0.2, 0.25) is 0 Å². The van der Waals surface area contributed by atoms with Crippen molar-refractivity contribution >= 4 is 12.1 Å². The number of hydrogen-bond acceptors (Lipinski definition) is 5. The molecule has 3 aromatic rings. The van der Waals surface area contributed by atoms with Gasteiger partial charge in [0, 0.05) is 18.7 Å². The van der Waals surface area contributed by atoms with Crippen LogP contribution in [0, 0.1) is 6.92 Å². The maximum atomic E-state index is 12.7. The molecular formula is C26H31N3O4. The number of esters is 1. The van der Waals surface area contributed by atoms with Crippen LogP contribution in [-0.2, 0) is 22.4 Å². The fraction of sp³-hybridized carbons (Fsp3) is 0.346. The highest BCUT2D eigenvalue weighted by atomic mass is 16.6. The number of aromatic nitrogens is 2. The zero-order chi connectivity index (χ0) is 24.0. The zero-order valence-electron chi connectivity index (χ0n) is 19.8. The molecule has 0 bridgehead atoms. The lowest BCUT2D eigenvalue weighted by atomic mass is 10.1. The lowest BCUT2D eigenvalue weighted by Gasteiger charge is -2.24. The predicted molar refractivity (Wildman–Crippen MR) is 126 cm³/mol. The fourth-order valence-corrected chi connectivity index (χ4v) is 3.58. The van der Waals surface area contributed by atoms with Gasteiger partial charge < -0.3 is 19.4 Å². The average Bonchev–Trinajstić information content (AvgIpc) is 3.09. The molecule has 0 unspecified atom stereocenters. The molecule has 0 aliphatic carbocycles. The van der Waals surface area contributed by atoms with E-state index in [2.05, 4.69) is 10.3 Å². The Morgan fingerprint density at radius 2 is 1.58 bits per heavy atom. The van der Waals surface area contributed by atoms with Gasteiger partial charge in [-0.05, 0) is 38.8 Å². The number of benzene rings is 2. The van der Waals surface area contributed by atoms with Crippen molar-refractivity contribution in [2.45, 2.75) is 52.3 Å². The third-order valence-corrected chi connectivity index (χ3v) is 5.10.